The van der Waals surface area contributed by atoms with Gasteiger partial charge < -0.3 is 10.1 Å². The molecular formula is C19H25NO. The molecule has 1 aliphatic heterocycles. The van der Waals surface area contributed by atoms with Crippen molar-refractivity contribution in [2.45, 2.75) is 38.6 Å². The van der Waals surface area contributed by atoms with Crippen LogP contribution in [0.4, 0.5) is 0 Å². The first kappa shape index (κ1) is 14.4. The largest absolute Gasteiger partial charge is 0.496 e. The highest BCUT2D eigenvalue weighted by Gasteiger charge is 2.29. The molecule has 3 rings (SSSR count). The molecule has 2 atom stereocenters. The lowest BCUT2D eigenvalue weighted by Crippen LogP contribution is -2.27. The van der Waals surface area contributed by atoms with Crippen LogP contribution in [0.1, 0.15) is 38.2 Å². The van der Waals surface area contributed by atoms with Crippen LogP contribution in [-0.2, 0) is 0 Å². The maximum Gasteiger partial charge on any atom is 0.126 e. The molecule has 0 spiro atoms. The first-order chi connectivity index (χ1) is 10.2. The summed E-state index contributed by atoms with van der Waals surface area (Å²) < 4.78 is 5.52. The van der Waals surface area contributed by atoms with Crippen molar-refractivity contribution in [1.29, 1.82) is 0 Å². The number of methoxy groups -OCH3 is 1. The lowest BCUT2D eigenvalue weighted by molar-refractivity contribution is 0.418. The summed E-state index contributed by atoms with van der Waals surface area (Å²) in [6, 6.07) is 13.6. The third-order valence-electron chi connectivity index (χ3n) is 4.61. The standard InChI is InChI=1S/C19H25NO/c1-13(2)12-18-16(10-11-20-18)15-8-9-19(21-3)17-7-5-4-6-14(15)17/h4-9,13,16,18,20H,10-12H2,1-3H3. The summed E-state index contributed by atoms with van der Waals surface area (Å²) in [6.45, 7) is 5.74. The van der Waals surface area contributed by atoms with Crippen molar-refractivity contribution in [1.82, 2.24) is 5.32 Å². The third-order valence-corrected chi connectivity index (χ3v) is 4.61. The van der Waals surface area contributed by atoms with Crippen molar-refractivity contribution in [3.05, 3.63) is 42.0 Å². The fraction of sp³-hybridized carbons (Fsp3) is 0.474. The molecule has 1 heterocycles. The number of nitrogens with one attached hydrogen (secondary N) is 1. The Morgan fingerprint density at radius 2 is 1.90 bits per heavy atom. The predicted octanol–water partition coefficient (Wildman–Crippen LogP) is 4.34. The van der Waals surface area contributed by atoms with E-state index in [-0.39, 0.29) is 0 Å². The number of ether oxygens (including phenoxy) is 1. The van der Waals surface area contributed by atoms with Gasteiger partial charge in [0.25, 0.3) is 0 Å². The van der Waals surface area contributed by atoms with Crippen LogP contribution in [0.25, 0.3) is 10.8 Å². The summed E-state index contributed by atoms with van der Waals surface area (Å²) in [7, 11) is 1.75. The van der Waals surface area contributed by atoms with Gasteiger partial charge in [-0.2, -0.15) is 0 Å². The molecule has 0 aliphatic carbocycles. The van der Waals surface area contributed by atoms with Crippen molar-refractivity contribution in [3.63, 3.8) is 0 Å². The molecule has 0 saturated carbocycles. The molecule has 21 heavy (non-hydrogen) atoms. The molecule has 2 aromatic rings. The summed E-state index contributed by atoms with van der Waals surface area (Å²) in [5, 5.41) is 6.27. The van der Waals surface area contributed by atoms with Gasteiger partial charge in [-0.1, -0.05) is 44.2 Å². The van der Waals surface area contributed by atoms with E-state index in [9.17, 15) is 0 Å². The Morgan fingerprint density at radius 3 is 2.62 bits per heavy atom. The Kier molecular flexibility index (Phi) is 4.16. The lowest BCUT2D eigenvalue weighted by Gasteiger charge is -2.23. The minimum atomic E-state index is 0.599. The average molecular weight is 283 g/mol. The Labute approximate surface area is 127 Å². The normalized spacial score (nSPS) is 22.1. The van der Waals surface area contributed by atoms with Crippen LogP contribution in [-0.4, -0.2) is 19.7 Å². The molecule has 2 unspecified atom stereocenters. The van der Waals surface area contributed by atoms with Crippen LogP contribution < -0.4 is 10.1 Å². The van der Waals surface area contributed by atoms with E-state index in [1.54, 1.807) is 7.11 Å². The highest BCUT2D eigenvalue weighted by Crippen LogP contribution is 2.38. The van der Waals surface area contributed by atoms with E-state index in [1.807, 2.05) is 0 Å². The van der Waals surface area contributed by atoms with E-state index >= 15 is 0 Å². The van der Waals surface area contributed by atoms with Crippen LogP contribution in [0.2, 0.25) is 0 Å². The van der Waals surface area contributed by atoms with Crippen molar-refractivity contribution < 1.29 is 4.74 Å². The molecule has 0 radical (unpaired) electrons. The van der Waals surface area contributed by atoms with Crippen LogP contribution in [0.5, 0.6) is 5.75 Å². The molecule has 2 heteroatoms. The maximum atomic E-state index is 5.52. The number of hydrogen-bond acceptors (Lipinski definition) is 2. The monoisotopic (exact) mass is 283 g/mol. The molecule has 1 aliphatic rings. The zero-order valence-electron chi connectivity index (χ0n) is 13.2. The smallest absolute Gasteiger partial charge is 0.126 e. The molecule has 1 saturated heterocycles. The number of hydrogen-bond donors (Lipinski definition) is 1. The van der Waals surface area contributed by atoms with Crippen molar-refractivity contribution in [2.75, 3.05) is 13.7 Å². The van der Waals surface area contributed by atoms with Crippen LogP contribution in [0, 0.1) is 5.92 Å². The van der Waals surface area contributed by atoms with E-state index < -0.39 is 0 Å². The van der Waals surface area contributed by atoms with Crippen LogP contribution in [0.3, 0.4) is 0 Å². The van der Waals surface area contributed by atoms with Crippen molar-refractivity contribution >= 4 is 10.8 Å². The Balaban J connectivity index is 2.04. The molecular weight excluding hydrogens is 258 g/mol. The Bertz CT molecular complexity index is 620. The SMILES string of the molecule is COc1ccc(C2CCNC2CC(C)C)c2ccccc12. The summed E-state index contributed by atoms with van der Waals surface area (Å²) in [5.41, 5.74) is 1.47. The first-order valence-corrected chi connectivity index (χ1v) is 7.99. The quantitative estimate of drug-likeness (QED) is 0.901. The molecule has 1 fully saturated rings. The highest BCUT2D eigenvalue weighted by molar-refractivity contribution is 5.91. The van der Waals surface area contributed by atoms with Gasteiger partial charge in [0.1, 0.15) is 5.75 Å². The first-order valence-electron chi connectivity index (χ1n) is 7.99. The van der Waals surface area contributed by atoms with Gasteiger partial charge in [-0.3, -0.25) is 0 Å². The molecule has 1 N–H and O–H groups in total. The Hall–Kier alpha value is -1.54. The van der Waals surface area contributed by atoms with E-state index in [0.717, 1.165) is 18.2 Å². The van der Waals surface area contributed by atoms with Gasteiger partial charge in [-0.15, -0.1) is 0 Å². The van der Waals surface area contributed by atoms with Gasteiger partial charge in [0.15, 0.2) is 0 Å². The second-order valence-corrected chi connectivity index (χ2v) is 6.49. The number of rotatable bonds is 4. The molecule has 0 amide bonds. The second-order valence-electron chi connectivity index (χ2n) is 6.49. The fourth-order valence-corrected chi connectivity index (χ4v) is 3.69. The molecule has 0 bridgehead atoms. The van der Waals surface area contributed by atoms with Gasteiger partial charge in [-0.25, -0.2) is 0 Å². The molecule has 0 aromatic heterocycles. The van der Waals surface area contributed by atoms with Gasteiger partial charge in [0.05, 0.1) is 7.11 Å². The molecule has 2 nitrogen and oxygen atoms in total. The summed E-state index contributed by atoms with van der Waals surface area (Å²) in [5.74, 6) is 2.32. The summed E-state index contributed by atoms with van der Waals surface area (Å²) in [6.07, 6.45) is 2.47. The zero-order chi connectivity index (χ0) is 14.8. The van der Waals surface area contributed by atoms with E-state index in [4.69, 9.17) is 4.74 Å². The minimum Gasteiger partial charge on any atom is -0.496 e. The second kappa shape index (κ2) is 6.07. The highest BCUT2D eigenvalue weighted by atomic mass is 16.5. The topological polar surface area (TPSA) is 21.3 Å². The van der Waals surface area contributed by atoms with E-state index in [0.29, 0.717) is 12.0 Å². The van der Waals surface area contributed by atoms with E-state index in [2.05, 4.69) is 55.6 Å². The lowest BCUT2D eigenvalue weighted by atomic mass is 9.85. The fourth-order valence-electron chi connectivity index (χ4n) is 3.69. The summed E-state index contributed by atoms with van der Waals surface area (Å²) in [4.78, 5) is 0. The van der Waals surface area contributed by atoms with Gasteiger partial charge in [0.2, 0.25) is 0 Å². The Morgan fingerprint density at radius 1 is 1.14 bits per heavy atom. The van der Waals surface area contributed by atoms with Crippen LogP contribution in [0.15, 0.2) is 36.4 Å². The number of benzene rings is 2. The number of fused-ring (bicyclic) bond motifs is 1. The molecule has 112 valence electrons. The summed E-state index contributed by atoms with van der Waals surface area (Å²) >= 11 is 0. The third kappa shape index (κ3) is 2.77. The predicted molar refractivity (Wildman–Crippen MR) is 89.1 cm³/mol. The maximum absolute atomic E-state index is 5.52. The van der Waals surface area contributed by atoms with Crippen molar-refractivity contribution in [2.24, 2.45) is 5.92 Å². The van der Waals surface area contributed by atoms with Gasteiger partial charge >= 0.3 is 0 Å². The average Bonchev–Trinajstić information content (AvgIpc) is 2.93. The van der Waals surface area contributed by atoms with Crippen molar-refractivity contribution in [3.8, 4) is 5.75 Å². The van der Waals surface area contributed by atoms with Gasteiger partial charge in [-0.05, 0) is 42.3 Å². The van der Waals surface area contributed by atoms with Crippen LogP contribution >= 0.6 is 0 Å². The zero-order valence-corrected chi connectivity index (χ0v) is 13.2. The van der Waals surface area contributed by atoms with E-state index in [1.165, 1.54) is 29.2 Å². The van der Waals surface area contributed by atoms with Gasteiger partial charge in [0, 0.05) is 17.3 Å². The molecule has 2 aromatic carbocycles. The minimum absolute atomic E-state index is 0.599.